The van der Waals surface area contributed by atoms with Crippen molar-refractivity contribution < 1.29 is 19.5 Å². The highest BCUT2D eigenvalue weighted by Crippen LogP contribution is 2.36. The maximum absolute atomic E-state index is 10.9. The summed E-state index contributed by atoms with van der Waals surface area (Å²) in [5.41, 5.74) is 4.70. The Hall–Kier alpha value is -2.85. The molecule has 1 aliphatic heterocycles. The van der Waals surface area contributed by atoms with Gasteiger partial charge in [0.25, 0.3) is 0 Å². The summed E-state index contributed by atoms with van der Waals surface area (Å²) < 4.78 is 11.4. The molecule has 9 nitrogen and oxygen atoms in total. The van der Waals surface area contributed by atoms with Gasteiger partial charge in [0.2, 0.25) is 12.7 Å². The fourth-order valence-corrected chi connectivity index (χ4v) is 3.57. The average molecular weight is 522 g/mol. The third-order valence-corrected chi connectivity index (χ3v) is 5.93. The van der Waals surface area contributed by atoms with E-state index in [-0.39, 0.29) is 5.91 Å². The van der Waals surface area contributed by atoms with Crippen LogP contribution in [0.15, 0.2) is 35.2 Å². The summed E-state index contributed by atoms with van der Waals surface area (Å²) in [6.45, 7) is 11.1. The molecular formula is C23H32BrN5O4. The Morgan fingerprint density at radius 3 is 2.55 bits per heavy atom. The fraction of sp³-hybridized carbons (Fsp3) is 0.435. The van der Waals surface area contributed by atoms with Crippen molar-refractivity contribution in [3.63, 3.8) is 0 Å². The Morgan fingerprint density at radius 2 is 1.91 bits per heavy atom. The number of amides is 1. The molecule has 0 bridgehead atoms. The first kappa shape index (κ1) is 26.4. The van der Waals surface area contributed by atoms with Crippen molar-refractivity contribution in [3.8, 4) is 11.5 Å². The highest BCUT2D eigenvalue weighted by atomic mass is 79.9. The zero-order valence-corrected chi connectivity index (χ0v) is 21.2. The predicted octanol–water partition coefficient (Wildman–Crippen LogP) is 4.72. The van der Waals surface area contributed by atoms with Gasteiger partial charge in [0.15, 0.2) is 11.5 Å². The molecule has 0 spiro atoms. The number of unbranched alkanes of at least 4 members (excludes halogenated alkanes) is 2. The molecular weight excluding hydrogens is 490 g/mol. The van der Waals surface area contributed by atoms with E-state index < -0.39 is 0 Å². The maximum Gasteiger partial charge on any atom is 0.243 e. The molecule has 0 aliphatic carbocycles. The molecule has 1 aliphatic rings. The number of rotatable bonds is 9. The predicted molar refractivity (Wildman–Crippen MR) is 132 cm³/mol. The van der Waals surface area contributed by atoms with Crippen LogP contribution in [-0.2, 0) is 4.79 Å². The number of anilines is 2. The van der Waals surface area contributed by atoms with Gasteiger partial charge in [-0.2, -0.15) is 0 Å². The molecule has 1 aromatic carbocycles. The number of carbonyl (C=O) groups excluding carboxylic acids is 1. The van der Waals surface area contributed by atoms with Crippen LogP contribution in [-0.4, -0.2) is 41.5 Å². The van der Waals surface area contributed by atoms with Crippen molar-refractivity contribution in [1.29, 1.82) is 0 Å². The Balaban J connectivity index is 0.000000288. The quantitative estimate of drug-likeness (QED) is 0.247. The van der Waals surface area contributed by atoms with E-state index in [9.17, 15) is 4.79 Å². The molecule has 0 fully saturated rings. The number of nitrogens with one attached hydrogen (secondary N) is 2. The minimum atomic E-state index is -0.345. The second-order valence-corrected chi connectivity index (χ2v) is 8.46. The van der Waals surface area contributed by atoms with E-state index in [2.05, 4.69) is 42.7 Å². The molecule has 1 amide bonds. The Labute approximate surface area is 203 Å². The van der Waals surface area contributed by atoms with Gasteiger partial charge in [-0.25, -0.2) is 15.4 Å². The highest BCUT2D eigenvalue weighted by Gasteiger charge is 2.15. The van der Waals surface area contributed by atoms with Crippen molar-refractivity contribution in [3.05, 3.63) is 46.3 Å². The van der Waals surface area contributed by atoms with Crippen LogP contribution in [0, 0.1) is 13.8 Å². The molecule has 3 N–H and O–H groups in total. The van der Waals surface area contributed by atoms with Crippen molar-refractivity contribution in [2.75, 3.05) is 30.6 Å². The smallest absolute Gasteiger partial charge is 0.243 e. The first-order valence-corrected chi connectivity index (χ1v) is 11.5. The van der Waals surface area contributed by atoms with Crippen LogP contribution in [0.4, 0.5) is 11.6 Å². The molecule has 33 heavy (non-hydrogen) atoms. The third kappa shape index (κ3) is 7.61. The number of fused-ring (bicyclic) bond motifs is 1. The van der Waals surface area contributed by atoms with E-state index in [0.29, 0.717) is 13.2 Å². The minimum Gasteiger partial charge on any atom is -0.454 e. The van der Waals surface area contributed by atoms with Crippen LogP contribution in [0.1, 0.15) is 43.7 Å². The van der Waals surface area contributed by atoms with Crippen LogP contribution in [0.3, 0.4) is 0 Å². The van der Waals surface area contributed by atoms with Gasteiger partial charge in [0, 0.05) is 35.7 Å². The number of halogens is 1. The highest BCUT2D eigenvalue weighted by molar-refractivity contribution is 9.10. The Kier molecular flexibility index (Phi) is 10.4. The van der Waals surface area contributed by atoms with Crippen molar-refractivity contribution in [2.24, 2.45) is 0 Å². The lowest BCUT2D eigenvalue weighted by atomic mass is 10.1. The molecule has 2 aromatic rings. The SMILES string of the molecule is C=C(C)N(CCCCCC(=O)NO)c1ncnc(NC)c1C.Cc1cc2c(cc1Br)OCO2. The van der Waals surface area contributed by atoms with Crippen LogP contribution in [0.2, 0.25) is 0 Å². The lowest BCUT2D eigenvalue weighted by Gasteiger charge is -2.25. The van der Waals surface area contributed by atoms with Crippen LogP contribution in [0.25, 0.3) is 0 Å². The fourth-order valence-electron chi connectivity index (χ4n) is 3.25. The number of hydrogen-bond acceptors (Lipinski definition) is 8. The van der Waals surface area contributed by atoms with Crippen molar-refractivity contribution >= 4 is 33.5 Å². The molecule has 10 heteroatoms. The monoisotopic (exact) mass is 521 g/mol. The van der Waals surface area contributed by atoms with Gasteiger partial charge in [-0.15, -0.1) is 0 Å². The van der Waals surface area contributed by atoms with E-state index in [4.69, 9.17) is 14.7 Å². The second-order valence-electron chi connectivity index (χ2n) is 7.61. The molecule has 3 rings (SSSR count). The first-order chi connectivity index (χ1) is 15.8. The second kappa shape index (κ2) is 13.0. The van der Waals surface area contributed by atoms with E-state index in [1.54, 1.807) is 5.48 Å². The van der Waals surface area contributed by atoms with Crippen LogP contribution < -0.4 is 25.2 Å². The normalized spacial score (nSPS) is 11.3. The average Bonchev–Trinajstić information content (AvgIpc) is 3.24. The zero-order valence-electron chi connectivity index (χ0n) is 19.6. The summed E-state index contributed by atoms with van der Waals surface area (Å²) in [7, 11) is 1.83. The number of aryl methyl sites for hydroxylation is 1. The van der Waals surface area contributed by atoms with Gasteiger partial charge in [-0.1, -0.05) is 28.9 Å². The van der Waals surface area contributed by atoms with Crippen LogP contribution >= 0.6 is 15.9 Å². The van der Waals surface area contributed by atoms with E-state index >= 15 is 0 Å². The first-order valence-electron chi connectivity index (χ1n) is 10.7. The number of aromatic nitrogens is 2. The minimum absolute atomic E-state index is 0.333. The molecule has 180 valence electrons. The maximum atomic E-state index is 10.9. The zero-order chi connectivity index (χ0) is 24.4. The Morgan fingerprint density at radius 1 is 1.21 bits per heavy atom. The van der Waals surface area contributed by atoms with E-state index in [1.165, 1.54) is 6.33 Å². The van der Waals surface area contributed by atoms with Gasteiger partial charge < -0.3 is 19.7 Å². The largest absolute Gasteiger partial charge is 0.454 e. The molecule has 0 radical (unpaired) electrons. The number of nitrogens with zero attached hydrogens (tertiary/aromatic N) is 3. The number of allylic oxidation sites excluding steroid dienone is 1. The summed E-state index contributed by atoms with van der Waals surface area (Å²) >= 11 is 3.41. The lowest BCUT2D eigenvalue weighted by molar-refractivity contribution is -0.129. The topological polar surface area (TPSA) is 109 Å². The molecule has 0 saturated heterocycles. The van der Waals surface area contributed by atoms with Crippen molar-refractivity contribution in [1.82, 2.24) is 15.4 Å². The molecule has 2 heterocycles. The summed E-state index contributed by atoms with van der Waals surface area (Å²) in [6.07, 6.45) is 4.40. The van der Waals surface area contributed by atoms with Gasteiger partial charge in [-0.3, -0.25) is 10.0 Å². The summed E-state index contributed by atoms with van der Waals surface area (Å²) in [4.78, 5) is 21.6. The summed E-state index contributed by atoms with van der Waals surface area (Å²) in [5, 5.41) is 11.5. The van der Waals surface area contributed by atoms with Gasteiger partial charge in [0.1, 0.15) is 18.0 Å². The van der Waals surface area contributed by atoms with E-state index in [0.717, 1.165) is 70.2 Å². The lowest BCUT2D eigenvalue weighted by Crippen LogP contribution is -2.24. The number of hydrogen-bond donors (Lipinski definition) is 3. The molecule has 0 saturated carbocycles. The van der Waals surface area contributed by atoms with Gasteiger partial charge in [-0.05, 0) is 51.3 Å². The standard InChI is InChI=1S/C15H25N5O2.C8H7BrO2/c1-11(2)20(9-7-5-6-8-13(21)19-22)15-12(3)14(16-4)17-10-18-15;1-5-2-7-8(3-6(5)9)11-4-10-7/h10,22H,1,5-9H2,2-4H3,(H,19,21)(H,16,17,18);2-3H,4H2,1H3. The number of carbonyl (C=O) groups is 1. The van der Waals surface area contributed by atoms with Gasteiger partial charge in [0.05, 0.1) is 0 Å². The number of hydroxylamine groups is 1. The summed E-state index contributed by atoms with van der Waals surface area (Å²) in [6, 6.07) is 3.89. The number of benzene rings is 1. The van der Waals surface area contributed by atoms with Gasteiger partial charge >= 0.3 is 0 Å². The van der Waals surface area contributed by atoms with Crippen LogP contribution in [0.5, 0.6) is 11.5 Å². The van der Waals surface area contributed by atoms with E-state index in [1.807, 2.05) is 40.0 Å². The van der Waals surface area contributed by atoms with Crippen molar-refractivity contribution in [2.45, 2.75) is 46.5 Å². The number of ether oxygens (including phenoxy) is 2. The molecule has 0 atom stereocenters. The third-order valence-electron chi connectivity index (χ3n) is 5.07. The molecule has 1 aromatic heterocycles. The Bertz CT molecular complexity index is 941. The summed E-state index contributed by atoms with van der Waals surface area (Å²) in [5.74, 6) is 2.96. The molecule has 0 unspecified atom stereocenters.